The number of aryl methyl sites for hydroxylation is 1. The van der Waals surface area contributed by atoms with Gasteiger partial charge in [0.15, 0.2) is 5.82 Å². The van der Waals surface area contributed by atoms with Crippen LogP contribution in [0.1, 0.15) is 29.0 Å². The number of benzene rings is 2. The van der Waals surface area contributed by atoms with Gasteiger partial charge in [-0.1, -0.05) is 29.4 Å². The van der Waals surface area contributed by atoms with Crippen LogP contribution in [0, 0.1) is 6.92 Å². The van der Waals surface area contributed by atoms with Gasteiger partial charge in [0, 0.05) is 4.90 Å². The van der Waals surface area contributed by atoms with Crippen molar-refractivity contribution in [2.24, 2.45) is 0 Å². The Balaban J connectivity index is 1.75. The third-order valence-electron chi connectivity index (χ3n) is 3.49. The van der Waals surface area contributed by atoms with E-state index in [-0.39, 0.29) is 5.91 Å². The molecule has 0 aliphatic carbocycles. The third kappa shape index (κ3) is 4.43. The summed E-state index contributed by atoms with van der Waals surface area (Å²) < 4.78 is 10.7. The second kappa shape index (κ2) is 8.53. The van der Waals surface area contributed by atoms with Crippen LogP contribution >= 0.6 is 11.8 Å². The molecule has 0 bridgehead atoms. The number of rotatable bonds is 7. The standard InChI is InChI=1S/C19H19N3O3S/c1-3-24-16-10-6-5-9-15(16)21-19(23)14-8-4-7-11-17(14)26-12-18-20-13(2)22-25-18/h4-11H,3,12H2,1-2H3,(H,21,23). The molecule has 0 unspecified atom stereocenters. The predicted molar refractivity (Wildman–Crippen MR) is 101 cm³/mol. The lowest BCUT2D eigenvalue weighted by molar-refractivity contribution is 0.102. The number of amides is 1. The monoisotopic (exact) mass is 369 g/mol. The lowest BCUT2D eigenvalue weighted by atomic mass is 10.2. The van der Waals surface area contributed by atoms with Gasteiger partial charge in [-0.3, -0.25) is 4.79 Å². The summed E-state index contributed by atoms with van der Waals surface area (Å²) in [5, 5.41) is 6.70. The van der Waals surface area contributed by atoms with E-state index in [9.17, 15) is 4.79 Å². The van der Waals surface area contributed by atoms with E-state index in [4.69, 9.17) is 9.26 Å². The summed E-state index contributed by atoms with van der Waals surface area (Å²) in [4.78, 5) is 17.8. The van der Waals surface area contributed by atoms with Gasteiger partial charge in [0.05, 0.1) is 23.6 Å². The Morgan fingerprint density at radius 3 is 2.73 bits per heavy atom. The van der Waals surface area contributed by atoms with E-state index in [0.717, 1.165) is 4.90 Å². The summed E-state index contributed by atoms with van der Waals surface area (Å²) in [5.41, 5.74) is 1.23. The van der Waals surface area contributed by atoms with Crippen molar-refractivity contribution in [1.29, 1.82) is 0 Å². The maximum absolute atomic E-state index is 12.8. The van der Waals surface area contributed by atoms with Gasteiger partial charge in [0.1, 0.15) is 5.75 Å². The fraction of sp³-hybridized carbons (Fsp3) is 0.211. The number of hydrogen-bond donors (Lipinski definition) is 1. The van der Waals surface area contributed by atoms with Crippen LogP contribution in [0.15, 0.2) is 57.9 Å². The Morgan fingerprint density at radius 1 is 1.19 bits per heavy atom. The smallest absolute Gasteiger partial charge is 0.256 e. The molecule has 26 heavy (non-hydrogen) atoms. The largest absolute Gasteiger partial charge is 0.492 e. The average molecular weight is 369 g/mol. The van der Waals surface area contributed by atoms with Crippen molar-refractivity contribution in [3.63, 3.8) is 0 Å². The van der Waals surface area contributed by atoms with Crippen LogP contribution in [-0.4, -0.2) is 22.7 Å². The van der Waals surface area contributed by atoms with Crippen molar-refractivity contribution in [2.45, 2.75) is 24.5 Å². The number of carbonyl (C=O) groups is 1. The minimum atomic E-state index is -0.193. The number of aromatic nitrogens is 2. The molecule has 0 radical (unpaired) electrons. The average Bonchev–Trinajstić information content (AvgIpc) is 3.07. The minimum absolute atomic E-state index is 0.193. The third-order valence-corrected chi connectivity index (χ3v) is 4.55. The van der Waals surface area contributed by atoms with E-state index in [2.05, 4.69) is 15.5 Å². The van der Waals surface area contributed by atoms with E-state index >= 15 is 0 Å². The summed E-state index contributed by atoms with van der Waals surface area (Å²) in [6, 6.07) is 14.8. The summed E-state index contributed by atoms with van der Waals surface area (Å²) in [6.45, 7) is 4.21. The highest BCUT2D eigenvalue weighted by atomic mass is 32.2. The Kier molecular flexibility index (Phi) is 5.91. The number of nitrogens with zero attached hydrogens (tertiary/aromatic N) is 2. The molecule has 2 aromatic carbocycles. The zero-order valence-corrected chi connectivity index (χ0v) is 15.4. The number of carbonyl (C=O) groups excluding carboxylic acids is 1. The van der Waals surface area contributed by atoms with E-state index in [1.54, 1.807) is 13.0 Å². The Labute approximate surface area is 156 Å². The molecule has 0 aliphatic heterocycles. The number of nitrogens with one attached hydrogen (secondary N) is 1. The fourth-order valence-corrected chi connectivity index (χ4v) is 3.25. The maximum atomic E-state index is 12.8. The lowest BCUT2D eigenvalue weighted by Gasteiger charge is -2.12. The molecule has 0 spiro atoms. The van der Waals surface area contributed by atoms with E-state index in [1.807, 2.05) is 49.4 Å². The van der Waals surface area contributed by atoms with Gasteiger partial charge >= 0.3 is 0 Å². The SMILES string of the molecule is CCOc1ccccc1NC(=O)c1ccccc1SCc1nc(C)no1. The highest BCUT2D eigenvalue weighted by molar-refractivity contribution is 7.98. The van der Waals surface area contributed by atoms with Crippen molar-refractivity contribution in [3.05, 3.63) is 65.8 Å². The van der Waals surface area contributed by atoms with E-state index in [0.29, 0.717) is 41.1 Å². The van der Waals surface area contributed by atoms with Crippen LogP contribution < -0.4 is 10.1 Å². The Bertz CT molecular complexity index is 895. The summed E-state index contributed by atoms with van der Waals surface area (Å²) >= 11 is 1.48. The highest BCUT2D eigenvalue weighted by Crippen LogP contribution is 2.28. The first kappa shape index (κ1) is 18.0. The van der Waals surface area contributed by atoms with Crippen LogP contribution in [0.4, 0.5) is 5.69 Å². The summed E-state index contributed by atoms with van der Waals surface area (Å²) in [7, 11) is 0. The topological polar surface area (TPSA) is 77.2 Å². The zero-order valence-electron chi connectivity index (χ0n) is 14.6. The van der Waals surface area contributed by atoms with Gasteiger partial charge in [-0.05, 0) is 38.1 Å². The Morgan fingerprint density at radius 2 is 1.96 bits per heavy atom. The molecule has 1 N–H and O–H groups in total. The normalized spacial score (nSPS) is 10.5. The van der Waals surface area contributed by atoms with Gasteiger partial charge in [-0.25, -0.2) is 0 Å². The highest BCUT2D eigenvalue weighted by Gasteiger charge is 2.14. The number of anilines is 1. The molecular weight excluding hydrogens is 350 g/mol. The molecule has 134 valence electrons. The molecule has 0 saturated heterocycles. The second-order valence-electron chi connectivity index (χ2n) is 5.40. The molecular formula is C19H19N3O3S. The first-order chi connectivity index (χ1) is 12.7. The lowest BCUT2D eigenvalue weighted by Crippen LogP contribution is -2.14. The maximum Gasteiger partial charge on any atom is 0.256 e. The fourth-order valence-electron chi connectivity index (χ4n) is 2.36. The first-order valence-electron chi connectivity index (χ1n) is 8.21. The van der Waals surface area contributed by atoms with Crippen LogP contribution in [0.3, 0.4) is 0 Å². The molecule has 0 saturated carbocycles. The molecule has 7 heteroatoms. The summed E-state index contributed by atoms with van der Waals surface area (Å²) in [6.07, 6.45) is 0. The Hall–Kier alpha value is -2.80. The van der Waals surface area contributed by atoms with E-state index < -0.39 is 0 Å². The number of hydrogen-bond acceptors (Lipinski definition) is 6. The number of ether oxygens (including phenoxy) is 1. The van der Waals surface area contributed by atoms with Crippen LogP contribution in [0.2, 0.25) is 0 Å². The van der Waals surface area contributed by atoms with Crippen molar-refractivity contribution >= 4 is 23.4 Å². The number of para-hydroxylation sites is 2. The predicted octanol–water partition coefficient (Wildman–Crippen LogP) is 4.32. The molecule has 1 amide bonds. The van der Waals surface area contributed by atoms with Gasteiger partial charge in [-0.2, -0.15) is 4.98 Å². The molecule has 1 heterocycles. The second-order valence-corrected chi connectivity index (χ2v) is 6.42. The van der Waals surface area contributed by atoms with Gasteiger partial charge < -0.3 is 14.6 Å². The van der Waals surface area contributed by atoms with Crippen molar-refractivity contribution < 1.29 is 14.1 Å². The van der Waals surface area contributed by atoms with E-state index in [1.165, 1.54) is 11.8 Å². The zero-order chi connectivity index (χ0) is 18.4. The van der Waals surface area contributed by atoms with Gasteiger partial charge in [-0.15, -0.1) is 11.8 Å². The van der Waals surface area contributed by atoms with Crippen molar-refractivity contribution in [3.8, 4) is 5.75 Å². The quantitative estimate of drug-likeness (QED) is 0.625. The molecule has 0 aliphatic rings. The van der Waals surface area contributed by atoms with Gasteiger partial charge in [0.2, 0.25) is 5.89 Å². The first-order valence-corrected chi connectivity index (χ1v) is 9.20. The van der Waals surface area contributed by atoms with Crippen LogP contribution in [0.25, 0.3) is 0 Å². The van der Waals surface area contributed by atoms with Gasteiger partial charge in [0.25, 0.3) is 5.91 Å². The van der Waals surface area contributed by atoms with Crippen molar-refractivity contribution in [1.82, 2.24) is 10.1 Å². The van der Waals surface area contributed by atoms with Crippen LogP contribution in [0.5, 0.6) is 5.75 Å². The molecule has 1 aromatic heterocycles. The molecule has 0 atom stereocenters. The molecule has 3 rings (SSSR count). The molecule has 6 nitrogen and oxygen atoms in total. The van der Waals surface area contributed by atoms with Crippen molar-refractivity contribution in [2.75, 3.05) is 11.9 Å². The molecule has 3 aromatic rings. The number of thioether (sulfide) groups is 1. The minimum Gasteiger partial charge on any atom is -0.492 e. The van der Waals surface area contributed by atoms with Crippen LogP contribution in [-0.2, 0) is 5.75 Å². The summed E-state index contributed by atoms with van der Waals surface area (Å²) in [5.74, 6) is 2.08. The molecule has 0 fully saturated rings.